The minimum atomic E-state index is -1.06. The van der Waals surface area contributed by atoms with E-state index >= 15 is 0 Å². The fourth-order valence-electron chi connectivity index (χ4n) is 0.564. The summed E-state index contributed by atoms with van der Waals surface area (Å²) in [5, 5.41) is 8.39. The summed E-state index contributed by atoms with van der Waals surface area (Å²) < 4.78 is 0. The first-order valence-corrected chi connectivity index (χ1v) is 2.65. The summed E-state index contributed by atoms with van der Waals surface area (Å²) in [6.45, 7) is 0. The molecule has 60 valence electrons. The van der Waals surface area contributed by atoms with Crippen LogP contribution in [0, 0.1) is 0 Å². The van der Waals surface area contributed by atoms with E-state index in [1.54, 1.807) is 0 Å². The van der Waals surface area contributed by atoms with Gasteiger partial charge in [-0.1, -0.05) is 0 Å². The van der Waals surface area contributed by atoms with Gasteiger partial charge >= 0.3 is 5.97 Å². The molecular weight excluding hydrogens is 148 g/mol. The Bertz CT molecular complexity index is 262. The van der Waals surface area contributed by atoms with Crippen LogP contribution in [0.3, 0.4) is 0 Å². The lowest BCUT2D eigenvalue weighted by atomic mass is 10.3. The van der Waals surface area contributed by atoms with Crippen molar-refractivity contribution in [3.63, 3.8) is 0 Å². The van der Waals surface area contributed by atoms with Crippen LogP contribution < -0.4 is 5.73 Å². The smallest absolute Gasteiger partial charge is 0.354 e. The van der Waals surface area contributed by atoms with Crippen LogP contribution in [0.1, 0.15) is 10.5 Å². The number of carboxylic acids is 1. The molecule has 0 aliphatic carbocycles. The summed E-state index contributed by atoms with van der Waals surface area (Å²) in [7, 11) is 0. The molecule has 5 heteroatoms. The lowest BCUT2D eigenvalue weighted by Gasteiger charge is -1.92. The maximum atomic E-state index is 10.2. The first-order chi connectivity index (χ1) is 4.70. The topological polar surface area (TPSA) is 108 Å². The molecule has 0 aliphatic heterocycles. The molecule has 0 fully saturated rings. The van der Waals surface area contributed by atoms with Gasteiger partial charge in [-0.3, -0.25) is 0 Å². The van der Waals surface area contributed by atoms with Crippen molar-refractivity contribution in [2.45, 2.75) is 0 Å². The van der Waals surface area contributed by atoms with Crippen LogP contribution in [0.15, 0.2) is 18.3 Å². The van der Waals surface area contributed by atoms with E-state index in [-0.39, 0.29) is 11.2 Å². The second-order valence-electron chi connectivity index (χ2n) is 1.78. The molecule has 1 aromatic heterocycles. The molecule has 0 radical (unpaired) electrons. The van der Waals surface area contributed by atoms with E-state index < -0.39 is 5.97 Å². The van der Waals surface area contributed by atoms with E-state index in [1.807, 2.05) is 0 Å². The zero-order chi connectivity index (χ0) is 7.56. The zero-order valence-electron chi connectivity index (χ0n) is 5.61. The number of nitrogens with zero attached hydrogens (tertiary/aromatic N) is 1. The Kier molecular flexibility index (Phi) is 3.01. The van der Waals surface area contributed by atoms with Crippen LogP contribution >= 0.6 is 0 Å². The number of aromatic nitrogens is 1. The summed E-state index contributed by atoms with van der Waals surface area (Å²) in [6.07, 6.45) is 1.36. The number of carboxylic acid groups (broad SMARTS) is 1. The Morgan fingerprint density at radius 3 is 2.64 bits per heavy atom. The van der Waals surface area contributed by atoms with Crippen molar-refractivity contribution in [2.75, 3.05) is 5.73 Å². The molecule has 0 bridgehead atoms. The first kappa shape index (κ1) is 9.38. The number of hydrogen-bond acceptors (Lipinski definition) is 3. The number of nitrogen functional groups attached to an aromatic ring is 1. The van der Waals surface area contributed by atoms with Gasteiger partial charge in [-0.05, 0) is 12.1 Å². The SMILES string of the molecule is Nc1ccnc(C(=O)O)c1.O. The maximum absolute atomic E-state index is 10.2. The van der Waals surface area contributed by atoms with Gasteiger partial charge in [0.15, 0.2) is 0 Å². The second-order valence-corrected chi connectivity index (χ2v) is 1.78. The Balaban J connectivity index is 0.000001000. The third-order valence-corrected chi connectivity index (χ3v) is 1.00. The second kappa shape index (κ2) is 3.52. The largest absolute Gasteiger partial charge is 0.477 e. The van der Waals surface area contributed by atoms with E-state index in [9.17, 15) is 4.79 Å². The molecule has 5 N–H and O–H groups in total. The van der Waals surface area contributed by atoms with E-state index in [0.29, 0.717) is 5.69 Å². The highest BCUT2D eigenvalue weighted by atomic mass is 16.4. The van der Waals surface area contributed by atoms with Gasteiger partial charge in [-0.2, -0.15) is 0 Å². The lowest BCUT2D eigenvalue weighted by Crippen LogP contribution is -2.00. The summed E-state index contributed by atoms with van der Waals surface area (Å²) in [6, 6.07) is 2.84. The number of rotatable bonds is 1. The summed E-state index contributed by atoms with van der Waals surface area (Å²) in [5.41, 5.74) is 5.67. The predicted molar refractivity (Wildman–Crippen MR) is 39.2 cm³/mol. The molecule has 0 aromatic carbocycles. The Labute approximate surface area is 62.8 Å². The number of carbonyl (C=O) groups is 1. The molecule has 1 rings (SSSR count). The average molecular weight is 156 g/mol. The quantitative estimate of drug-likeness (QED) is 0.573. The van der Waals surface area contributed by atoms with Crippen molar-refractivity contribution in [1.82, 2.24) is 4.98 Å². The van der Waals surface area contributed by atoms with Crippen LogP contribution in [0.4, 0.5) is 5.69 Å². The molecule has 0 spiro atoms. The minimum Gasteiger partial charge on any atom is -0.477 e. The molecule has 0 atom stereocenters. The van der Waals surface area contributed by atoms with Crippen LogP contribution in [0.2, 0.25) is 0 Å². The van der Waals surface area contributed by atoms with Crippen molar-refractivity contribution in [1.29, 1.82) is 0 Å². The summed E-state index contributed by atoms with van der Waals surface area (Å²) >= 11 is 0. The number of nitrogens with two attached hydrogens (primary N) is 1. The first-order valence-electron chi connectivity index (χ1n) is 2.65. The third kappa shape index (κ3) is 2.23. The number of anilines is 1. The van der Waals surface area contributed by atoms with Crippen molar-refractivity contribution in [3.05, 3.63) is 24.0 Å². The van der Waals surface area contributed by atoms with E-state index in [1.165, 1.54) is 18.3 Å². The van der Waals surface area contributed by atoms with Gasteiger partial charge in [-0.15, -0.1) is 0 Å². The Hall–Kier alpha value is -1.62. The molecule has 1 aromatic rings. The van der Waals surface area contributed by atoms with Crippen LogP contribution in [0.25, 0.3) is 0 Å². The molecule has 0 aliphatic rings. The van der Waals surface area contributed by atoms with E-state index in [0.717, 1.165) is 0 Å². The van der Waals surface area contributed by atoms with Gasteiger partial charge in [0.1, 0.15) is 5.69 Å². The van der Waals surface area contributed by atoms with Gasteiger partial charge < -0.3 is 16.3 Å². The minimum absolute atomic E-state index is 0. The monoisotopic (exact) mass is 156 g/mol. The normalized spacial score (nSPS) is 8.36. The summed E-state index contributed by atoms with van der Waals surface area (Å²) in [5.74, 6) is -1.06. The van der Waals surface area contributed by atoms with Crippen molar-refractivity contribution in [3.8, 4) is 0 Å². The van der Waals surface area contributed by atoms with Gasteiger partial charge in [-0.25, -0.2) is 9.78 Å². The molecule has 0 saturated carbocycles. The Morgan fingerprint density at radius 1 is 1.64 bits per heavy atom. The molecule has 1 heterocycles. The van der Waals surface area contributed by atoms with Crippen LogP contribution in [0.5, 0.6) is 0 Å². The number of aromatic carboxylic acids is 1. The molecule has 0 amide bonds. The molecule has 0 saturated heterocycles. The highest BCUT2D eigenvalue weighted by Gasteiger charge is 2.01. The Morgan fingerprint density at radius 2 is 2.27 bits per heavy atom. The average Bonchev–Trinajstić information content (AvgIpc) is 1.88. The number of pyridine rings is 1. The van der Waals surface area contributed by atoms with Crippen molar-refractivity contribution < 1.29 is 15.4 Å². The van der Waals surface area contributed by atoms with Crippen molar-refractivity contribution >= 4 is 11.7 Å². The van der Waals surface area contributed by atoms with Crippen LogP contribution in [-0.2, 0) is 0 Å². The molecular formula is C6H8N2O3. The van der Waals surface area contributed by atoms with E-state index in [2.05, 4.69) is 4.98 Å². The highest BCUT2D eigenvalue weighted by Crippen LogP contribution is 2.01. The molecule has 0 unspecified atom stereocenters. The third-order valence-electron chi connectivity index (χ3n) is 1.00. The highest BCUT2D eigenvalue weighted by molar-refractivity contribution is 5.86. The summed E-state index contributed by atoms with van der Waals surface area (Å²) in [4.78, 5) is 13.8. The van der Waals surface area contributed by atoms with Gasteiger partial charge in [0.25, 0.3) is 0 Å². The fraction of sp³-hybridized carbons (Fsp3) is 0. The van der Waals surface area contributed by atoms with Crippen molar-refractivity contribution in [2.24, 2.45) is 0 Å². The fourth-order valence-corrected chi connectivity index (χ4v) is 0.564. The lowest BCUT2D eigenvalue weighted by molar-refractivity contribution is 0.0690. The van der Waals surface area contributed by atoms with Gasteiger partial charge in [0.05, 0.1) is 0 Å². The standard InChI is InChI=1S/C6H6N2O2.H2O/c7-4-1-2-8-5(3-4)6(9)10;/h1-3H,(H2,7,8)(H,9,10);1H2. The van der Waals surface area contributed by atoms with Gasteiger partial charge in [0.2, 0.25) is 0 Å². The molecule has 5 nitrogen and oxygen atoms in total. The molecule has 11 heavy (non-hydrogen) atoms. The van der Waals surface area contributed by atoms with Gasteiger partial charge in [0, 0.05) is 11.9 Å². The van der Waals surface area contributed by atoms with E-state index in [4.69, 9.17) is 10.8 Å². The maximum Gasteiger partial charge on any atom is 0.354 e. The zero-order valence-corrected chi connectivity index (χ0v) is 5.61. The predicted octanol–water partition coefficient (Wildman–Crippen LogP) is -0.463. The number of hydrogen-bond donors (Lipinski definition) is 2. The van der Waals surface area contributed by atoms with Crippen LogP contribution in [-0.4, -0.2) is 21.5 Å².